The highest BCUT2D eigenvalue weighted by Gasteiger charge is 1.94. The summed E-state index contributed by atoms with van der Waals surface area (Å²) in [6.07, 6.45) is 5.22. The average molecular weight is 199 g/mol. The van der Waals surface area contributed by atoms with Gasteiger partial charge in [0, 0.05) is 11.8 Å². The third-order valence-corrected chi connectivity index (χ3v) is 2.03. The second-order valence-corrected chi connectivity index (χ2v) is 3.11. The Morgan fingerprint density at radius 2 is 1.73 bits per heavy atom. The van der Waals surface area contributed by atoms with E-state index >= 15 is 0 Å². The van der Waals surface area contributed by atoms with Crippen molar-refractivity contribution in [2.24, 2.45) is 0 Å². The summed E-state index contributed by atoms with van der Waals surface area (Å²) in [4.78, 5) is 4.11. The number of benzene rings is 1. The molecule has 0 spiro atoms. The van der Waals surface area contributed by atoms with Gasteiger partial charge in [-0.1, -0.05) is 24.3 Å². The first-order chi connectivity index (χ1) is 7.36. The van der Waals surface area contributed by atoms with Crippen LogP contribution in [0.2, 0.25) is 0 Å². The van der Waals surface area contributed by atoms with E-state index < -0.39 is 0 Å². The minimum absolute atomic E-state index is 0.218. The first-order valence-electron chi connectivity index (χ1n) is 4.70. The number of nitrogens with zero attached hydrogens (tertiary/aromatic N) is 1. The zero-order valence-electron chi connectivity index (χ0n) is 8.10. The number of rotatable bonds is 2. The summed E-state index contributed by atoms with van der Waals surface area (Å²) in [5, 5.41) is 0. The Morgan fingerprint density at radius 3 is 2.47 bits per heavy atom. The zero-order valence-corrected chi connectivity index (χ0v) is 8.10. The van der Waals surface area contributed by atoms with Crippen molar-refractivity contribution in [3.05, 3.63) is 65.7 Å². The fourth-order valence-electron chi connectivity index (χ4n) is 1.26. The summed E-state index contributed by atoms with van der Waals surface area (Å²) in [7, 11) is 0. The van der Waals surface area contributed by atoms with Gasteiger partial charge >= 0.3 is 0 Å². The van der Waals surface area contributed by atoms with E-state index in [1.165, 1.54) is 6.07 Å². The van der Waals surface area contributed by atoms with Crippen LogP contribution in [0, 0.1) is 5.82 Å². The molecule has 1 aromatic heterocycles. The molecule has 0 N–H and O–H groups in total. The van der Waals surface area contributed by atoms with Crippen LogP contribution in [0.5, 0.6) is 0 Å². The molecule has 74 valence electrons. The van der Waals surface area contributed by atoms with Crippen molar-refractivity contribution in [3.8, 4) is 0 Å². The van der Waals surface area contributed by atoms with E-state index in [1.807, 2.05) is 18.2 Å². The quantitative estimate of drug-likeness (QED) is 0.722. The van der Waals surface area contributed by atoms with Crippen LogP contribution in [0.3, 0.4) is 0 Å². The predicted molar refractivity (Wildman–Crippen MR) is 59.6 cm³/mol. The van der Waals surface area contributed by atoms with Crippen molar-refractivity contribution in [1.82, 2.24) is 4.98 Å². The van der Waals surface area contributed by atoms with Crippen molar-refractivity contribution in [3.63, 3.8) is 0 Å². The van der Waals surface area contributed by atoms with Crippen LogP contribution in [0.4, 0.5) is 4.39 Å². The molecule has 15 heavy (non-hydrogen) atoms. The number of hydrogen-bond donors (Lipinski definition) is 0. The summed E-state index contributed by atoms with van der Waals surface area (Å²) in [6, 6.07) is 12.3. The maximum Gasteiger partial charge on any atom is 0.130 e. The van der Waals surface area contributed by atoms with E-state index in [2.05, 4.69) is 4.98 Å². The van der Waals surface area contributed by atoms with Crippen LogP contribution < -0.4 is 0 Å². The van der Waals surface area contributed by atoms with E-state index in [1.54, 1.807) is 36.5 Å². The van der Waals surface area contributed by atoms with Gasteiger partial charge in [0.2, 0.25) is 0 Å². The molecule has 0 fully saturated rings. The van der Waals surface area contributed by atoms with Gasteiger partial charge in [0.15, 0.2) is 0 Å². The fourth-order valence-corrected chi connectivity index (χ4v) is 1.26. The van der Waals surface area contributed by atoms with Crippen LogP contribution >= 0.6 is 0 Å². The second-order valence-electron chi connectivity index (χ2n) is 3.11. The van der Waals surface area contributed by atoms with Gasteiger partial charge in [-0.05, 0) is 30.4 Å². The number of halogens is 1. The van der Waals surface area contributed by atoms with Gasteiger partial charge in [-0.2, -0.15) is 0 Å². The van der Waals surface area contributed by atoms with Crippen molar-refractivity contribution >= 4 is 12.2 Å². The zero-order chi connectivity index (χ0) is 10.5. The van der Waals surface area contributed by atoms with Crippen LogP contribution in [-0.2, 0) is 0 Å². The van der Waals surface area contributed by atoms with Gasteiger partial charge in [-0.25, -0.2) is 4.39 Å². The summed E-state index contributed by atoms with van der Waals surface area (Å²) in [5.41, 5.74) is 1.39. The highest BCUT2D eigenvalue weighted by Crippen LogP contribution is 2.10. The Labute approximate surface area is 87.9 Å². The molecule has 1 nitrogen and oxygen atoms in total. The van der Waals surface area contributed by atoms with Gasteiger partial charge in [-0.3, -0.25) is 4.98 Å². The van der Waals surface area contributed by atoms with Crippen molar-refractivity contribution in [2.45, 2.75) is 0 Å². The van der Waals surface area contributed by atoms with E-state index in [9.17, 15) is 4.39 Å². The Kier molecular flexibility index (Phi) is 2.88. The van der Waals surface area contributed by atoms with Gasteiger partial charge in [0.05, 0.1) is 5.69 Å². The molecule has 0 amide bonds. The summed E-state index contributed by atoms with van der Waals surface area (Å²) in [5.74, 6) is -0.218. The Morgan fingerprint density at radius 1 is 0.933 bits per heavy atom. The molecule has 0 saturated carbocycles. The SMILES string of the molecule is Fc1ccccc1C=Cc1ccccn1. The molecule has 1 heterocycles. The third-order valence-electron chi connectivity index (χ3n) is 2.03. The minimum atomic E-state index is -0.218. The lowest BCUT2D eigenvalue weighted by Crippen LogP contribution is -1.80. The molecule has 0 aliphatic rings. The molecule has 0 aliphatic carbocycles. The van der Waals surface area contributed by atoms with Crippen molar-refractivity contribution in [2.75, 3.05) is 0 Å². The van der Waals surface area contributed by atoms with E-state index in [0.29, 0.717) is 5.56 Å². The molecular formula is C13H10FN. The Bertz CT molecular complexity index is 463. The molecule has 0 saturated heterocycles. The summed E-state index contributed by atoms with van der Waals surface area (Å²) >= 11 is 0. The fraction of sp³-hybridized carbons (Fsp3) is 0. The molecule has 0 radical (unpaired) electrons. The van der Waals surface area contributed by atoms with Crippen LogP contribution in [0.25, 0.3) is 12.2 Å². The van der Waals surface area contributed by atoms with Gasteiger partial charge in [-0.15, -0.1) is 0 Å². The standard InChI is InChI=1S/C13H10FN/c14-13-7-2-1-5-11(13)8-9-12-6-3-4-10-15-12/h1-10H. The number of pyridine rings is 1. The predicted octanol–water partition coefficient (Wildman–Crippen LogP) is 3.39. The normalized spacial score (nSPS) is 10.7. The average Bonchev–Trinajstić information content (AvgIpc) is 2.29. The maximum absolute atomic E-state index is 13.2. The van der Waals surface area contributed by atoms with Gasteiger partial charge in [0.1, 0.15) is 5.82 Å². The lowest BCUT2D eigenvalue weighted by atomic mass is 10.2. The van der Waals surface area contributed by atoms with Crippen molar-refractivity contribution in [1.29, 1.82) is 0 Å². The maximum atomic E-state index is 13.2. The smallest absolute Gasteiger partial charge is 0.130 e. The van der Waals surface area contributed by atoms with E-state index in [4.69, 9.17) is 0 Å². The molecule has 2 heteroatoms. The third kappa shape index (κ3) is 2.50. The number of hydrogen-bond acceptors (Lipinski definition) is 1. The summed E-state index contributed by atoms with van der Waals surface area (Å²) in [6.45, 7) is 0. The van der Waals surface area contributed by atoms with Gasteiger partial charge in [0.25, 0.3) is 0 Å². The highest BCUT2D eigenvalue weighted by atomic mass is 19.1. The molecule has 2 rings (SSSR count). The van der Waals surface area contributed by atoms with Gasteiger partial charge < -0.3 is 0 Å². The first-order valence-corrected chi connectivity index (χ1v) is 4.70. The van der Waals surface area contributed by atoms with Crippen LogP contribution in [0.15, 0.2) is 48.7 Å². The van der Waals surface area contributed by atoms with E-state index in [-0.39, 0.29) is 5.82 Å². The van der Waals surface area contributed by atoms with Crippen molar-refractivity contribution < 1.29 is 4.39 Å². The lowest BCUT2D eigenvalue weighted by Gasteiger charge is -1.95. The molecular weight excluding hydrogens is 189 g/mol. The monoisotopic (exact) mass is 199 g/mol. The summed E-state index contributed by atoms with van der Waals surface area (Å²) < 4.78 is 13.2. The first kappa shape index (κ1) is 9.59. The highest BCUT2D eigenvalue weighted by molar-refractivity contribution is 5.68. The molecule has 0 aliphatic heterocycles. The molecule has 0 atom stereocenters. The number of aromatic nitrogens is 1. The van der Waals surface area contributed by atoms with Crippen LogP contribution in [0.1, 0.15) is 11.3 Å². The minimum Gasteiger partial charge on any atom is -0.257 e. The molecule has 0 unspecified atom stereocenters. The molecule has 1 aromatic carbocycles. The Hall–Kier alpha value is -1.96. The lowest BCUT2D eigenvalue weighted by molar-refractivity contribution is 0.625. The Balaban J connectivity index is 2.23. The molecule has 2 aromatic rings. The molecule has 0 bridgehead atoms. The van der Waals surface area contributed by atoms with Crippen LogP contribution in [-0.4, -0.2) is 4.98 Å². The second kappa shape index (κ2) is 4.51. The largest absolute Gasteiger partial charge is 0.257 e. The topological polar surface area (TPSA) is 12.9 Å². The van der Waals surface area contributed by atoms with E-state index in [0.717, 1.165) is 5.69 Å².